The highest BCUT2D eigenvalue weighted by Gasteiger charge is 2.26. The van der Waals surface area contributed by atoms with Crippen molar-refractivity contribution in [2.45, 2.75) is 19.3 Å². The number of aromatic hydroxyl groups is 1. The molecule has 0 saturated carbocycles. The highest BCUT2D eigenvalue weighted by Crippen LogP contribution is 2.19. The van der Waals surface area contributed by atoms with Gasteiger partial charge >= 0.3 is 0 Å². The number of piperidine rings is 1. The normalized spacial score (nSPS) is 20.6. The van der Waals surface area contributed by atoms with Gasteiger partial charge in [-0.2, -0.15) is 0 Å². The molecule has 2 N–H and O–H groups in total. The summed E-state index contributed by atoms with van der Waals surface area (Å²) in [5.74, 6) is -0.300. The summed E-state index contributed by atoms with van der Waals surface area (Å²) in [5.41, 5.74) is 0.993. The summed E-state index contributed by atoms with van der Waals surface area (Å²) in [5, 5.41) is 11.5. The Bertz CT molecular complexity index is 411. The zero-order valence-electron chi connectivity index (χ0n) is 8.77. The van der Waals surface area contributed by atoms with Crippen molar-refractivity contribution in [1.82, 2.24) is 5.32 Å². The Labute approximate surface area is 93.3 Å². The molecule has 1 saturated heterocycles. The number of phenols is 1. The molecule has 2 rings (SSSR count). The molecule has 1 aliphatic rings. The number of carbonyl (C=O) groups excluding carboxylic acids is 2. The number of carbonyl (C=O) groups is 2. The predicted molar refractivity (Wildman–Crippen MR) is 57.7 cm³/mol. The van der Waals surface area contributed by atoms with Crippen molar-refractivity contribution >= 4 is 11.8 Å². The number of rotatable bonds is 2. The maximum Gasteiger partial charge on any atom is 0.230 e. The molecule has 84 valence electrons. The quantitative estimate of drug-likeness (QED) is 0.729. The van der Waals surface area contributed by atoms with Crippen molar-refractivity contribution in [1.29, 1.82) is 0 Å². The average molecular weight is 219 g/mol. The second-order valence-electron chi connectivity index (χ2n) is 4.02. The van der Waals surface area contributed by atoms with E-state index in [0.29, 0.717) is 19.3 Å². The van der Waals surface area contributed by atoms with Gasteiger partial charge in [-0.25, -0.2) is 0 Å². The van der Waals surface area contributed by atoms with Crippen LogP contribution in [0.2, 0.25) is 0 Å². The Morgan fingerprint density at radius 2 is 1.94 bits per heavy atom. The van der Waals surface area contributed by atoms with Gasteiger partial charge in [-0.1, -0.05) is 12.1 Å². The minimum Gasteiger partial charge on any atom is -0.508 e. The lowest BCUT2D eigenvalue weighted by Crippen LogP contribution is -2.41. The van der Waals surface area contributed by atoms with Gasteiger partial charge in [-0.05, 0) is 30.5 Å². The first kappa shape index (κ1) is 10.7. The molecule has 4 nitrogen and oxygen atoms in total. The van der Waals surface area contributed by atoms with Gasteiger partial charge in [-0.3, -0.25) is 14.9 Å². The number of imide groups is 1. The van der Waals surface area contributed by atoms with Crippen LogP contribution in [0.4, 0.5) is 0 Å². The van der Waals surface area contributed by atoms with Gasteiger partial charge in [-0.15, -0.1) is 0 Å². The molecule has 1 fully saturated rings. The third-order valence-electron chi connectivity index (χ3n) is 2.77. The minimum atomic E-state index is -0.190. The van der Waals surface area contributed by atoms with Gasteiger partial charge in [0.25, 0.3) is 0 Å². The third kappa shape index (κ3) is 2.39. The largest absolute Gasteiger partial charge is 0.508 e. The standard InChI is InChI=1S/C12H13NO3/c14-10-4-1-8(2-5-10)7-9-3-6-11(15)13-12(9)16/h1-2,4-5,9,14H,3,6-7H2,(H,13,15,16). The van der Waals surface area contributed by atoms with E-state index in [0.717, 1.165) is 5.56 Å². The second kappa shape index (κ2) is 4.35. The van der Waals surface area contributed by atoms with Crippen molar-refractivity contribution in [3.05, 3.63) is 29.8 Å². The molecule has 1 atom stereocenters. The molecule has 1 aromatic carbocycles. The molecule has 0 bridgehead atoms. The molecule has 1 aromatic rings. The maximum absolute atomic E-state index is 11.5. The third-order valence-corrected chi connectivity index (χ3v) is 2.77. The van der Waals surface area contributed by atoms with Crippen LogP contribution in [0.3, 0.4) is 0 Å². The van der Waals surface area contributed by atoms with Crippen molar-refractivity contribution in [2.75, 3.05) is 0 Å². The van der Waals surface area contributed by atoms with Crippen LogP contribution in [0.25, 0.3) is 0 Å². The van der Waals surface area contributed by atoms with E-state index >= 15 is 0 Å². The number of amides is 2. The summed E-state index contributed by atoms with van der Waals surface area (Å²) < 4.78 is 0. The molecule has 4 heteroatoms. The van der Waals surface area contributed by atoms with Gasteiger partial charge in [0.1, 0.15) is 5.75 Å². The fourth-order valence-corrected chi connectivity index (χ4v) is 1.85. The van der Waals surface area contributed by atoms with Crippen molar-refractivity contribution < 1.29 is 14.7 Å². The van der Waals surface area contributed by atoms with Crippen LogP contribution >= 0.6 is 0 Å². The fraction of sp³-hybridized carbons (Fsp3) is 0.333. The van der Waals surface area contributed by atoms with E-state index in [9.17, 15) is 9.59 Å². The molecule has 1 unspecified atom stereocenters. The zero-order valence-corrected chi connectivity index (χ0v) is 8.77. The second-order valence-corrected chi connectivity index (χ2v) is 4.02. The van der Waals surface area contributed by atoms with Crippen LogP contribution in [-0.4, -0.2) is 16.9 Å². The molecule has 0 aromatic heterocycles. The number of hydrogen-bond donors (Lipinski definition) is 2. The van der Waals surface area contributed by atoms with E-state index < -0.39 is 0 Å². The van der Waals surface area contributed by atoms with E-state index in [1.807, 2.05) is 0 Å². The molecule has 1 aliphatic heterocycles. The van der Waals surface area contributed by atoms with E-state index in [1.165, 1.54) is 0 Å². The van der Waals surface area contributed by atoms with Gasteiger partial charge < -0.3 is 5.11 Å². The van der Waals surface area contributed by atoms with E-state index in [-0.39, 0.29) is 23.5 Å². The fourth-order valence-electron chi connectivity index (χ4n) is 1.85. The number of benzene rings is 1. The van der Waals surface area contributed by atoms with E-state index in [1.54, 1.807) is 24.3 Å². The van der Waals surface area contributed by atoms with Crippen LogP contribution in [0.15, 0.2) is 24.3 Å². The molecule has 2 amide bonds. The Hall–Kier alpha value is -1.84. The molecule has 0 aliphatic carbocycles. The van der Waals surface area contributed by atoms with Crippen LogP contribution < -0.4 is 5.32 Å². The van der Waals surface area contributed by atoms with Crippen LogP contribution in [0.1, 0.15) is 18.4 Å². The molecule has 16 heavy (non-hydrogen) atoms. The van der Waals surface area contributed by atoms with Crippen LogP contribution in [0, 0.1) is 5.92 Å². The molecule has 0 spiro atoms. The monoisotopic (exact) mass is 219 g/mol. The lowest BCUT2D eigenvalue weighted by Gasteiger charge is -2.20. The maximum atomic E-state index is 11.5. The van der Waals surface area contributed by atoms with Crippen molar-refractivity contribution in [2.24, 2.45) is 5.92 Å². The summed E-state index contributed by atoms with van der Waals surface area (Å²) in [7, 11) is 0. The smallest absolute Gasteiger partial charge is 0.230 e. The molecular formula is C12H13NO3. The number of nitrogens with one attached hydrogen (secondary N) is 1. The minimum absolute atomic E-state index is 0.137. The van der Waals surface area contributed by atoms with Crippen LogP contribution in [0.5, 0.6) is 5.75 Å². The predicted octanol–water partition coefficient (Wildman–Crippen LogP) is 0.987. The lowest BCUT2D eigenvalue weighted by atomic mass is 9.91. The van der Waals surface area contributed by atoms with E-state index in [4.69, 9.17) is 5.11 Å². The zero-order chi connectivity index (χ0) is 11.5. The highest BCUT2D eigenvalue weighted by molar-refractivity contribution is 5.98. The Morgan fingerprint density at radius 1 is 1.25 bits per heavy atom. The summed E-state index contributed by atoms with van der Waals surface area (Å²) in [6, 6.07) is 6.78. The van der Waals surface area contributed by atoms with Gasteiger partial charge in [0.2, 0.25) is 11.8 Å². The first-order chi connectivity index (χ1) is 7.65. The summed E-state index contributed by atoms with van der Waals surface area (Å²) >= 11 is 0. The van der Waals surface area contributed by atoms with Gasteiger partial charge in [0.05, 0.1) is 0 Å². The SMILES string of the molecule is O=C1CCC(Cc2ccc(O)cc2)C(=O)N1. The Kier molecular flexibility index (Phi) is 2.90. The number of hydrogen-bond acceptors (Lipinski definition) is 3. The highest BCUT2D eigenvalue weighted by atomic mass is 16.3. The van der Waals surface area contributed by atoms with Gasteiger partial charge in [0.15, 0.2) is 0 Å². The summed E-state index contributed by atoms with van der Waals surface area (Å²) in [6.07, 6.45) is 1.62. The summed E-state index contributed by atoms with van der Waals surface area (Å²) in [4.78, 5) is 22.4. The molecular weight excluding hydrogens is 206 g/mol. The topological polar surface area (TPSA) is 66.4 Å². The Balaban J connectivity index is 2.02. The Morgan fingerprint density at radius 3 is 2.56 bits per heavy atom. The molecule has 1 heterocycles. The van der Waals surface area contributed by atoms with Crippen molar-refractivity contribution in [3.63, 3.8) is 0 Å². The first-order valence-electron chi connectivity index (χ1n) is 5.27. The lowest BCUT2D eigenvalue weighted by molar-refractivity contribution is -0.136. The summed E-state index contributed by atoms with van der Waals surface area (Å²) in [6.45, 7) is 0. The average Bonchev–Trinajstić information content (AvgIpc) is 2.25. The number of phenolic OH excluding ortho intramolecular Hbond substituents is 1. The molecule has 0 radical (unpaired) electrons. The van der Waals surface area contributed by atoms with E-state index in [2.05, 4.69) is 5.32 Å². The first-order valence-corrected chi connectivity index (χ1v) is 5.27. The van der Waals surface area contributed by atoms with Crippen molar-refractivity contribution in [3.8, 4) is 5.75 Å². The van der Waals surface area contributed by atoms with Gasteiger partial charge in [0, 0.05) is 12.3 Å². The van der Waals surface area contributed by atoms with Crippen LogP contribution in [-0.2, 0) is 16.0 Å².